The first-order valence-corrected chi connectivity index (χ1v) is 13.2. The molecule has 0 atom stereocenters. The van der Waals surface area contributed by atoms with Gasteiger partial charge in [-0.15, -0.1) is 11.3 Å². The number of imidazole rings is 1. The van der Waals surface area contributed by atoms with Gasteiger partial charge < -0.3 is 10.2 Å². The topological polar surface area (TPSA) is 66.7 Å². The van der Waals surface area contributed by atoms with Gasteiger partial charge in [-0.3, -0.25) is 14.0 Å². The second-order valence-electron chi connectivity index (χ2n) is 8.49. The van der Waals surface area contributed by atoms with Crippen molar-refractivity contribution in [3.8, 4) is 0 Å². The molecular weight excluding hydrogens is 476 g/mol. The molecule has 6 nitrogen and oxygen atoms in total. The van der Waals surface area contributed by atoms with E-state index in [4.69, 9.17) is 11.6 Å². The van der Waals surface area contributed by atoms with Gasteiger partial charge in [-0.25, -0.2) is 4.98 Å². The standard InChI is InChI=1S/C24H25ClN4O2S2/c1-15-17-14-27-20-5-2-6-21(29(17)20)33-22(15)23(30)26-11-3-4-16-9-12-28(13-10-16)24(31)18-7-8-19(25)32-18/h2,5-8,14,16H,3-4,9-13H2,1H3,(H,26,30). The van der Waals surface area contributed by atoms with E-state index in [1.165, 1.54) is 23.1 Å². The summed E-state index contributed by atoms with van der Waals surface area (Å²) in [6.45, 7) is 4.22. The number of halogens is 1. The summed E-state index contributed by atoms with van der Waals surface area (Å²) in [5.74, 6) is 0.662. The van der Waals surface area contributed by atoms with E-state index >= 15 is 0 Å². The molecule has 1 fully saturated rings. The summed E-state index contributed by atoms with van der Waals surface area (Å²) in [4.78, 5) is 33.3. The molecule has 3 aromatic heterocycles. The largest absolute Gasteiger partial charge is 0.352 e. The Morgan fingerprint density at radius 3 is 2.79 bits per heavy atom. The SMILES string of the molecule is CC1=C(C(=O)NCCCC2CCN(C(=O)c3ccc(Cl)s3)CC2)Sc2cccc3ncc1n23. The second kappa shape index (κ2) is 9.52. The number of thioether (sulfide) groups is 1. The first-order chi connectivity index (χ1) is 16.0. The molecule has 0 spiro atoms. The summed E-state index contributed by atoms with van der Waals surface area (Å²) in [7, 11) is 0. The number of nitrogens with one attached hydrogen (secondary N) is 1. The Morgan fingerprint density at radius 1 is 1.21 bits per heavy atom. The third-order valence-electron chi connectivity index (χ3n) is 6.39. The van der Waals surface area contributed by atoms with E-state index in [9.17, 15) is 9.59 Å². The molecule has 5 heterocycles. The Balaban J connectivity index is 1.08. The molecule has 1 saturated heterocycles. The van der Waals surface area contributed by atoms with Gasteiger partial charge in [0.15, 0.2) is 0 Å². The second-order valence-corrected chi connectivity index (χ2v) is 11.2. The van der Waals surface area contributed by atoms with E-state index in [0.717, 1.165) is 65.6 Å². The Kier molecular flexibility index (Phi) is 6.49. The van der Waals surface area contributed by atoms with Gasteiger partial charge in [0.05, 0.1) is 31.0 Å². The lowest BCUT2D eigenvalue weighted by molar-refractivity contribution is -0.116. The number of carbonyl (C=O) groups is 2. The van der Waals surface area contributed by atoms with Crippen molar-refractivity contribution in [3.05, 3.63) is 56.3 Å². The van der Waals surface area contributed by atoms with Crippen LogP contribution in [0.2, 0.25) is 4.34 Å². The van der Waals surface area contributed by atoms with Crippen LogP contribution >= 0.6 is 34.7 Å². The number of pyridine rings is 1. The number of thiophene rings is 1. The van der Waals surface area contributed by atoms with E-state index in [2.05, 4.69) is 14.7 Å². The molecule has 2 aliphatic rings. The number of amides is 2. The van der Waals surface area contributed by atoms with Crippen LogP contribution < -0.4 is 5.32 Å². The molecule has 1 N–H and O–H groups in total. The maximum absolute atomic E-state index is 12.9. The lowest BCUT2D eigenvalue weighted by Gasteiger charge is -2.31. The summed E-state index contributed by atoms with van der Waals surface area (Å²) in [6.07, 6.45) is 5.85. The molecule has 3 aromatic rings. The third-order valence-corrected chi connectivity index (χ3v) is 8.83. The summed E-state index contributed by atoms with van der Waals surface area (Å²) >= 11 is 8.81. The Hall–Kier alpha value is -2.29. The normalized spacial score (nSPS) is 16.5. The monoisotopic (exact) mass is 500 g/mol. The first kappa shape index (κ1) is 22.5. The highest BCUT2D eigenvalue weighted by Crippen LogP contribution is 2.39. The predicted molar refractivity (Wildman–Crippen MR) is 134 cm³/mol. The number of hydrogen-bond donors (Lipinski definition) is 1. The molecule has 0 radical (unpaired) electrons. The zero-order valence-electron chi connectivity index (χ0n) is 18.3. The molecule has 0 saturated carbocycles. The van der Waals surface area contributed by atoms with Crippen molar-refractivity contribution in [2.75, 3.05) is 19.6 Å². The van der Waals surface area contributed by atoms with E-state index in [1.807, 2.05) is 36.2 Å². The molecule has 5 rings (SSSR count). The number of likely N-dealkylation sites (tertiary alicyclic amines) is 1. The van der Waals surface area contributed by atoms with Crippen LogP contribution in [0, 0.1) is 5.92 Å². The average molecular weight is 501 g/mol. The van der Waals surface area contributed by atoms with Crippen LogP contribution in [0.1, 0.15) is 48.0 Å². The van der Waals surface area contributed by atoms with Crippen molar-refractivity contribution < 1.29 is 9.59 Å². The lowest BCUT2D eigenvalue weighted by Crippen LogP contribution is -2.38. The van der Waals surface area contributed by atoms with Crippen molar-refractivity contribution >= 4 is 57.7 Å². The van der Waals surface area contributed by atoms with E-state index in [-0.39, 0.29) is 11.8 Å². The van der Waals surface area contributed by atoms with Gasteiger partial charge in [-0.1, -0.05) is 29.4 Å². The van der Waals surface area contributed by atoms with Crippen molar-refractivity contribution in [2.24, 2.45) is 5.92 Å². The fourth-order valence-corrected chi connectivity index (χ4v) is 6.62. The van der Waals surface area contributed by atoms with Crippen molar-refractivity contribution in [2.45, 2.75) is 37.6 Å². The van der Waals surface area contributed by atoms with Crippen molar-refractivity contribution in [3.63, 3.8) is 0 Å². The van der Waals surface area contributed by atoms with Gasteiger partial charge in [-0.2, -0.15) is 0 Å². The Labute approximate surface area is 206 Å². The molecule has 9 heteroatoms. The number of nitrogens with zero attached hydrogens (tertiary/aromatic N) is 3. The summed E-state index contributed by atoms with van der Waals surface area (Å²) in [5.41, 5.74) is 2.85. The van der Waals surface area contributed by atoms with E-state index in [1.54, 1.807) is 12.1 Å². The maximum Gasteiger partial charge on any atom is 0.263 e. The zero-order valence-corrected chi connectivity index (χ0v) is 20.7. The summed E-state index contributed by atoms with van der Waals surface area (Å²) < 4.78 is 2.75. The fourth-order valence-electron chi connectivity index (χ4n) is 4.55. The number of hydrogen-bond acceptors (Lipinski definition) is 5. The number of aromatic nitrogens is 2. The van der Waals surface area contributed by atoms with Crippen molar-refractivity contribution in [1.29, 1.82) is 0 Å². The minimum Gasteiger partial charge on any atom is -0.352 e. The van der Waals surface area contributed by atoms with Crippen LogP contribution in [0.4, 0.5) is 0 Å². The molecule has 0 bridgehead atoms. The summed E-state index contributed by atoms with van der Waals surface area (Å²) in [5, 5.41) is 4.12. The van der Waals surface area contributed by atoms with E-state index < -0.39 is 0 Å². The van der Waals surface area contributed by atoms with Crippen LogP contribution in [0.3, 0.4) is 0 Å². The molecule has 0 aromatic carbocycles. The van der Waals surface area contributed by atoms with E-state index in [0.29, 0.717) is 21.7 Å². The van der Waals surface area contributed by atoms with Gasteiger partial charge in [0, 0.05) is 19.6 Å². The average Bonchev–Trinajstić information content (AvgIpc) is 3.46. The van der Waals surface area contributed by atoms with Gasteiger partial charge in [-0.05, 0) is 68.4 Å². The maximum atomic E-state index is 12.9. The predicted octanol–water partition coefficient (Wildman–Crippen LogP) is 5.33. The van der Waals surface area contributed by atoms with Crippen LogP contribution in [0.15, 0.2) is 46.5 Å². The molecule has 172 valence electrons. The third kappa shape index (κ3) is 4.56. The molecular formula is C24H25ClN4O2S2. The zero-order chi connectivity index (χ0) is 22.9. The van der Waals surface area contributed by atoms with Crippen LogP contribution in [0.25, 0.3) is 11.2 Å². The molecule has 0 aliphatic carbocycles. The number of allylic oxidation sites excluding steroid dienone is 1. The molecule has 2 aliphatic heterocycles. The fraction of sp³-hybridized carbons (Fsp3) is 0.375. The minimum atomic E-state index is -0.0167. The van der Waals surface area contributed by atoms with Crippen LogP contribution in [-0.4, -0.2) is 45.7 Å². The molecule has 33 heavy (non-hydrogen) atoms. The minimum absolute atomic E-state index is 0.0167. The smallest absolute Gasteiger partial charge is 0.263 e. The quantitative estimate of drug-likeness (QED) is 0.464. The molecule has 0 unspecified atom stereocenters. The first-order valence-electron chi connectivity index (χ1n) is 11.2. The van der Waals surface area contributed by atoms with Crippen molar-refractivity contribution in [1.82, 2.24) is 19.6 Å². The lowest BCUT2D eigenvalue weighted by atomic mass is 9.92. The highest BCUT2D eigenvalue weighted by atomic mass is 35.5. The number of rotatable bonds is 6. The Bertz CT molecular complexity index is 1240. The summed E-state index contributed by atoms with van der Waals surface area (Å²) in [6, 6.07) is 9.55. The Morgan fingerprint density at radius 2 is 2.03 bits per heavy atom. The number of piperidine rings is 1. The molecule has 2 amide bonds. The number of carbonyl (C=O) groups excluding carboxylic acids is 2. The highest BCUT2D eigenvalue weighted by Gasteiger charge is 2.26. The van der Waals surface area contributed by atoms with Gasteiger partial charge in [0.2, 0.25) is 0 Å². The van der Waals surface area contributed by atoms with Gasteiger partial charge in [0.25, 0.3) is 11.8 Å². The van der Waals surface area contributed by atoms with Gasteiger partial charge in [0.1, 0.15) is 5.65 Å². The highest BCUT2D eigenvalue weighted by molar-refractivity contribution is 8.04. The van der Waals surface area contributed by atoms with Crippen LogP contribution in [0.5, 0.6) is 0 Å². The van der Waals surface area contributed by atoms with Crippen LogP contribution in [-0.2, 0) is 4.79 Å². The van der Waals surface area contributed by atoms with Gasteiger partial charge >= 0.3 is 0 Å².